The average molecular weight is 471 g/mol. The maximum absolute atomic E-state index is 13.1. The van der Waals surface area contributed by atoms with Gasteiger partial charge < -0.3 is 10.1 Å². The molecular weight excluding hydrogens is 448 g/mol. The molecule has 32 heavy (non-hydrogen) atoms. The molecule has 3 aromatic rings. The van der Waals surface area contributed by atoms with E-state index in [0.717, 1.165) is 17.8 Å². The van der Waals surface area contributed by atoms with E-state index in [4.69, 9.17) is 16.3 Å². The van der Waals surface area contributed by atoms with Crippen molar-refractivity contribution in [1.29, 1.82) is 0 Å². The molecule has 0 bridgehead atoms. The van der Waals surface area contributed by atoms with E-state index in [9.17, 15) is 14.4 Å². The predicted octanol–water partition coefficient (Wildman–Crippen LogP) is 2.59. The van der Waals surface area contributed by atoms with Crippen molar-refractivity contribution in [2.24, 2.45) is 0 Å². The van der Waals surface area contributed by atoms with Crippen LogP contribution in [0.3, 0.4) is 0 Å². The molecule has 0 atom stereocenters. The number of rotatable bonds is 8. The molecule has 0 saturated heterocycles. The van der Waals surface area contributed by atoms with Crippen LogP contribution in [0.1, 0.15) is 29.3 Å². The highest BCUT2D eigenvalue weighted by atomic mass is 35.5. The monoisotopic (exact) mass is 470 g/mol. The van der Waals surface area contributed by atoms with E-state index in [2.05, 4.69) is 5.32 Å². The van der Waals surface area contributed by atoms with Gasteiger partial charge >= 0.3 is 0 Å². The van der Waals surface area contributed by atoms with Gasteiger partial charge in [0.15, 0.2) is 5.78 Å². The fourth-order valence-corrected chi connectivity index (χ4v) is 4.16. The Bertz CT molecular complexity index is 1290. The van der Waals surface area contributed by atoms with Gasteiger partial charge in [-0.05, 0) is 48.4 Å². The largest absolute Gasteiger partial charge is 0.497 e. The second-order valence-corrected chi connectivity index (χ2v) is 8.42. The molecule has 1 N–H and O–H groups in total. The van der Waals surface area contributed by atoms with Crippen LogP contribution in [0.25, 0.3) is 12.2 Å². The number of aromatic nitrogens is 1. The van der Waals surface area contributed by atoms with Crippen LogP contribution in [0, 0.1) is 0 Å². The van der Waals surface area contributed by atoms with Gasteiger partial charge in [-0.25, -0.2) is 0 Å². The first kappa shape index (κ1) is 23.5. The molecule has 1 amide bonds. The van der Waals surface area contributed by atoms with Gasteiger partial charge in [-0.1, -0.05) is 36.7 Å². The van der Waals surface area contributed by atoms with Gasteiger partial charge in [-0.15, -0.1) is 11.3 Å². The maximum Gasteiger partial charge on any atom is 0.269 e. The number of hydrogen-bond donors (Lipinski definition) is 1. The van der Waals surface area contributed by atoms with Gasteiger partial charge in [0, 0.05) is 23.2 Å². The number of hydrogen-bond acceptors (Lipinski definition) is 5. The van der Waals surface area contributed by atoms with Crippen LogP contribution >= 0.6 is 22.9 Å². The lowest BCUT2D eigenvalue weighted by Crippen LogP contribution is -2.38. The summed E-state index contributed by atoms with van der Waals surface area (Å²) in [7, 11) is 1.55. The first-order valence-electron chi connectivity index (χ1n) is 10.1. The number of thiazole rings is 1. The maximum atomic E-state index is 13.1. The molecule has 0 spiro atoms. The highest BCUT2D eigenvalue weighted by Crippen LogP contribution is 2.15. The molecule has 166 valence electrons. The van der Waals surface area contributed by atoms with Crippen molar-refractivity contribution in [3.63, 3.8) is 0 Å². The lowest BCUT2D eigenvalue weighted by atomic mass is 10.1. The second kappa shape index (κ2) is 10.9. The van der Waals surface area contributed by atoms with Gasteiger partial charge in [0.2, 0.25) is 5.91 Å². The Morgan fingerprint density at radius 2 is 1.88 bits per heavy atom. The summed E-state index contributed by atoms with van der Waals surface area (Å²) in [5.74, 6) is 0.0716. The number of carbonyl (C=O) groups is 2. The SMILES string of the molecule is CCCNC(=O)Cn1c(=CC(=O)c2ccc(OC)cc2)sc(=Cc2ccccc2Cl)c1=O. The zero-order valence-corrected chi connectivity index (χ0v) is 19.3. The third-order valence-electron chi connectivity index (χ3n) is 4.63. The standard InChI is InChI=1S/C24H23ClN2O4S/c1-3-12-26-22(29)15-27-23(14-20(28)16-8-10-18(31-2)11-9-16)32-21(24(27)30)13-17-6-4-5-7-19(17)25/h4-11,13-14H,3,12,15H2,1-2H3,(H,26,29). The minimum atomic E-state index is -0.352. The van der Waals surface area contributed by atoms with E-state index in [0.29, 0.717) is 37.6 Å². The summed E-state index contributed by atoms with van der Waals surface area (Å²) < 4.78 is 7.22. The smallest absolute Gasteiger partial charge is 0.269 e. The van der Waals surface area contributed by atoms with Crippen LogP contribution in [0.5, 0.6) is 5.75 Å². The van der Waals surface area contributed by atoms with Crippen molar-refractivity contribution in [1.82, 2.24) is 9.88 Å². The van der Waals surface area contributed by atoms with Gasteiger partial charge in [-0.2, -0.15) is 0 Å². The molecule has 1 aromatic heterocycles. The summed E-state index contributed by atoms with van der Waals surface area (Å²) in [6, 6.07) is 13.8. The van der Waals surface area contributed by atoms with Crippen LogP contribution in [-0.4, -0.2) is 29.9 Å². The first-order valence-corrected chi connectivity index (χ1v) is 11.2. The molecule has 0 aliphatic heterocycles. The molecule has 2 aromatic carbocycles. The van der Waals surface area contributed by atoms with E-state index in [1.54, 1.807) is 55.7 Å². The van der Waals surface area contributed by atoms with Crippen LogP contribution in [-0.2, 0) is 11.3 Å². The third-order valence-corrected chi connectivity index (χ3v) is 6.04. The summed E-state index contributed by atoms with van der Waals surface area (Å²) in [6.45, 7) is 2.29. The quantitative estimate of drug-likeness (QED) is 0.513. The number of nitrogens with zero attached hydrogens (tertiary/aromatic N) is 1. The Labute approximate surface area is 194 Å². The molecule has 3 rings (SSSR count). The number of ether oxygens (including phenoxy) is 1. The Morgan fingerprint density at radius 3 is 2.53 bits per heavy atom. The molecule has 0 saturated carbocycles. The topological polar surface area (TPSA) is 77.4 Å². The molecule has 1 heterocycles. The predicted molar refractivity (Wildman–Crippen MR) is 128 cm³/mol. The van der Waals surface area contributed by atoms with Gasteiger partial charge in [0.25, 0.3) is 5.56 Å². The molecule has 0 radical (unpaired) electrons. The zero-order valence-electron chi connectivity index (χ0n) is 17.8. The van der Waals surface area contributed by atoms with E-state index < -0.39 is 0 Å². The lowest BCUT2D eigenvalue weighted by molar-refractivity contribution is -0.121. The normalized spacial score (nSPS) is 12.1. The molecule has 0 unspecified atom stereocenters. The number of halogens is 1. The van der Waals surface area contributed by atoms with Crippen molar-refractivity contribution in [2.45, 2.75) is 19.9 Å². The number of ketones is 1. The summed E-state index contributed by atoms with van der Waals surface area (Å²) in [6.07, 6.45) is 3.83. The second-order valence-electron chi connectivity index (χ2n) is 6.95. The van der Waals surface area contributed by atoms with E-state index in [1.807, 2.05) is 13.0 Å². The number of nitrogens with one attached hydrogen (secondary N) is 1. The number of methoxy groups -OCH3 is 1. The van der Waals surface area contributed by atoms with Crippen molar-refractivity contribution in [3.8, 4) is 5.75 Å². The summed E-state index contributed by atoms with van der Waals surface area (Å²) in [5.41, 5.74) is 0.781. The zero-order chi connectivity index (χ0) is 23.1. The molecular formula is C24H23ClN2O4S. The van der Waals surface area contributed by atoms with E-state index in [-0.39, 0.29) is 23.8 Å². The van der Waals surface area contributed by atoms with Gasteiger partial charge in [0.1, 0.15) is 17.0 Å². The minimum absolute atomic E-state index is 0.173. The Balaban J connectivity index is 2.09. The van der Waals surface area contributed by atoms with Crippen molar-refractivity contribution in [3.05, 3.63) is 84.2 Å². The number of Topliss-reactive ketones (excluding diaryl/α,β-unsaturated/α-hetero) is 1. The lowest BCUT2D eigenvalue weighted by Gasteiger charge is -2.04. The van der Waals surface area contributed by atoms with Crippen molar-refractivity contribution in [2.75, 3.05) is 13.7 Å². The molecule has 0 aliphatic carbocycles. The highest BCUT2D eigenvalue weighted by Gasteiger charge is 2.12. The summed E-state index contributed by atoms with van der Waals surface area (Å²) in [4.78, 5) is 38.2. The molecule has 8 heteroatoms. The summed E-state index contributed by atoms with van der Waals surface area (Å²) >= 11 is 7.37. The Morgan fingerprint density at radius 1 is 1.16 bits per heavy atom. The van der Waals surface area contributed by atoms with Crippen LogP contribution < -0.4 is 24.8 Å². The fraction of sp³-hybridized carbons (Fsp3) is 0.208. The molecule has 0 fully saturated rings. The Kier molecular flexibility index (Phi) is 8.03. The fourth-order valence-electron chi connectivity index (χ4n) is 2.94. The third kappa shape index (κ3) is 5.75. The molecule has 6 nitrogen and oxygen atoms in total. The van der Waals surface area contributed by atoms with E-state index in [1.165, 1.54) is 10.6 Å². The van der Waals surface area contributed by atoms with Crippen molar-refractivity contribution < 1.29 is 14.3 Å². The van der Waals surface area contributed by atoms with Gasteiger partial charge in [0.05, 0.1) is 11.6 Å². The summed E-state index contributed by atoms with van der Waals surface area (Å²) in [5, 5.41) is 3.27. The minimum Gasteiger partial charge on any atom is -0.497 e. The Hall–Kier alpha value is -3.16. The van der Waals surface area contributed by atoms with Crippen LogP contribution in [0.15, 0.2) is 53.3 Å². The van der Waals surface area contributed by atoms with Crippen LogP contribution in [0.4, 0.5) is 0 Å². The van der Waals surface area contributed by atoms with Gasteiger partial charge in [-0.3, -0.25) is 19.0 Å². The van der Waals surface area contributed by atoms with E-state index >= 15 is 0 Å². The molecule has 0 aliphatic rings. The van der Waals surface area contributed by atoms with Crippen molar-refractivity contribution >= 4 is 46.8 Å². The highest BCUT2D eigenvalue weighted by molar-refractivity contribution is 7.07. The number of carbonyl (C=O) groups excluding carboxylic acids is 2. The number of amides is 1. The first-order chi connectivity index (χ1) is 15.4. The van der Waals surface area contributed by atoms with Crippen LogP contribution in [0.2, 0.25) is 5.02 Å². The average Bonchev–Trinajstić information content (AvgIpc) is 3.08. The number of benzene rings is 2.